The van der Waals surface area contributed by atoms with Crippen molar-refractivity contribution < 1.29 is 13.5 Å². The van der Waals surface area contributed by atoms with Crippen LogP contribution in [0, 0.1) is 0 Å². The Morgan fingerprint density at radius 1 is 1.47 bits per heavy atom. The van der Waals surface area contributed by atoms with Gasteiger partial charge in [0.05, 0.1) is 5.60 Å². The Morgan fingerprint density at radius 2 is 2.12 bits per heavy atom. The van der Waals surface area contributed by atoms with Crippen molar-refractivity contribution in [3.8, 4) is 0 Å². The number of β-amino-alcohol motifs (C(OH)–C–C–N with tert-alkyl or cyclic N) is 1. The Balaban J connectivity index is 2.80. The first-order valence-electron chi connectivity index (χ1n) is 6.08. The van der Waals surface area contributed by atoms with Crippen LogP contribution in [0.1, 0.15) is 27.2 Å². The van der Waals surface area contributed by atoms with Crippen LogP contribution in [0.2, 0.25) is 0 Å². The second-order valence-corrected chi connectivity index (χ2v) is 8.40. The van der Waals surface area contributed by atoms with E-state index in [1.807, 2.05) is 11.8 Å². The zero-order valence-electron chi connectivity index (χ0n) is 10.8. The van der Waals surface area contributed by atoms with E-state index in [2.05, 4.69) is 0 Å². The van der Waals surface area contributed by atoms with Crippen LogP contribution < -0.4 is 0 Å². The Labute approximate surface area is 109 Å². The Hall–Kier alpha value is 0.220. The lowest BCUT2D eigenvalue weighted by molar-refractivity contribution is 0.0152. The highest BCUT2D eigenvalue weighted by molar-refractivity contribution is 8.01. The topological polar surface area (TPSA) is 57.6 Å². The summed E-state index contributed by atoms with van der Waals surface area (Å²) in [7, 11) is -3.06. The lowest BCUT2D eigenvalue weighted by Crippen LogP contribution is -2.53. The molecule has 1 saturated heterocycles. The van der Waals surface area contributed by atoms with Crippen molar-refractivity contribution in [2.75, 3.05) is 30.3 Å². The number of nitrogens with zero attached hydrogens (tertiary/aromatic N) is 1. The molecule has 1 heterocycles. The van der Waals surface area contributed by atoms with Gasteiger partial charge in [0, 0.05) is 30.3 Å². The standard InChI is InChI=1S/C11H23NO3S2/c1-4-11(3,13)9-12-6-7-16-8-10(12)17(14,15)5-2/h10,13H,4-9H2,1-3H3. The van der Waals surface area contributed by atoms with Gasteiger partial charge in [-0.2, -0.15) is 11.8 Å². The van der Waals surface area contributed by atoms with Gasteiger partial charge in [-0.05, 0) is 13.3 Å². The van der Waals surface area contributed by atoms with E-state index < -0.39 is 20.8 Å². The van der Waals surface area contributed by atoms with Gasteiger partial charge in [-0.3, -0.25) is 4.90 Å². The summed E-state index contributed by atoms with van der Waals surface area (Å²) in [6.45, 7) is 6.55. The predicted octanol–water partition coefficient (Wildman–Crippen LogP) is 0.957. The van der Waals surface area contributed by atoms with Crippen molar-refractivity contribution in [1.29, 1.82) is 0 Å². The molecule has 1 aliphatic heterocycles. The van der Waals surface area contributed by atoms with Crippen molar-refractivity contribution >= 4 is 21.6 Å². The van der Waals surface area contributed by atoms with E-state index >= 15 is 0 Å². The molecule has 0 bridgehead atoms. The minimum Gasteiger partial charge on any atom is -0.389 e. The Morgan fingerprint density at radius 3 is 2.65 bits per heavy atom. The normalized spacial score (nSPS) is 26.7. The van der Waals surface area contributed by atoms with E-state index in [1.165, 1.54) is 0 Å². The third-order valence-electron chi connectivity index (χ3n) is 3.31. The minimum atomic E-state index is -3.06. The van der Waals surface area contributed by atoms with Crippen molar-refractivity contribution in [1.82, 2.24) is 4.90 Å². The quantitative estimate of drug-likeness (QED) is 0.813. The number of aliphatic hydroxyl groups is 1. The highest BCUT2D eigenvalue weighted by Crippen LogP contribution is 2.24. The third-order valence-corrected chi connectivity index (χ3v) is 6.65. The van der Waals surface area contributed by atoms with Crippen LogP contribution in [0.25, 0.3) is 0 Å². The van der Waals surface area contributed by atoms with Crippen LogP contribution in [0.3, 0.4) is 0 Å². The number of hydrogen-bond acceptors (Lipinski definition) is 5. The summed E-state index contributed by atoms with van der Waals surface area (Å²) in [5.41, 5.74) is -0.802. The van der Waals surface area contributed by atoms with Gasteiger partial charge in [0.1, 0.15) is 5.37 Å². The first kappa shape index (κ1) is 15.3. The molecule has 0 aromatic rings. The summed E-state index contributed by atoms with van der Waals surface area (Å²) in [5, 5.41) is 9.66. The van der Waals surface area contributed by atoms with Crippen LogP contribution >= 0.6 is 11.8 Å². The van der Waals surface area contributed by atoms with Gasteiger partial charge >= 0.3 is 0 Å². The molecule has 2 atom stereocenters. The molecule has 0 spiro atoms. The van der Waals surface area contributed by atoms with Gasteiger partial charge in [-0.15, -0.1) is 0 Å². The molecule has 0 amide bonds. The van der Waals surface area contributed by atoms with Crippen LogP contribution in [-0.2, 0) is 9.84 Å². The summed E-state index contributed by atoms with van der Waals surface area (Å²) in [5.74, 6) is 1.73. The van der Waals surface area contributed by atoms with Gasteiger partial charge < -0.3 is 5.11 Å². The molecule has 17 heavy (non-hydrogen) atoms. The van der Waals surface area contributed by atoms with Gasteiger partial charge in [0.25, 0.3) is 0 Å². The number of hydrogen-bond donors (Lipinski definition) is 1. The highest BCUT2D eigenvalue weighted by Gasteiger charge is 2.35. The Kier molecular flexibility index (Phi) is 5.31. The molecule has 1 rings (SSSR count). The van der Waals surface area contributed by atoms with Crippen molar-refractivity contribution in [3.63, 3.8) is 0 Å². The summed E-state index contributed by atoms with van der Waals surface area (Å²) in [4.78, 5) is 1.93. The zero-order chi connectivity index (χ0) is 13.1. The SMILES string of the molecule is CCC(C)(O)CN1CCSCC1S(=O)(=O)CC. The largest absolute Gasteiger partial charge is 0.389 e. The molecule has 1 fully saturated rings. The van der Waals surface area contributed by atoms with Crippen LogP contribution in [0.5, 0.6) is 0 Å². The summed E-state index contributed by atoms with van der Waals surface area (Å²) < 4.78 is 24.0. The van der Waals surface area contributed by atoms with Crippen LogP contribution in [-0.4, -0.2) is 59.7 Å². The van der Waals surface area contributed by atoms with Crippen molar-refractivity contribution in [3.05, 3.63) is 0 Å². The van der Waals surface area contributed by atoms with Crippen LogP contribution in [0.4, 0.5) is 0 Å². The summed E-state index contributed by atoms with van der Waals surface area (Å²) in [6.07, 6.45) is 0.634. The van der Waals surface area contributed by atoms with E-state index in [1.54, 1.807) is 25.6 Å². The lowest BCUT2D eigenvalue weighted by Gasteiger charge is -2.38. The molecule has 0 radical (unpaired) electrons. The number of thioether (sulfide) groups is 1. The monoisotopic (exact) mass is 281 g/mol. The molecule has 4 nitrogen and oxygen atoms in total. The molecule has 6 heteroatoms. The maximum atomic E-state index is 12.0. The average molecular weight is 281 g/mol. The van der Waals surface area contributed by atoms with Gasteiger partial charge in [-0.1, -0.05) is 13.8 Å². The third kappa shape index (κ3) is 4.12. The van der Waals surface area contributed by atoms with Gasteiger partial charge in [0.15, 0.2) is 9.84 Å². The molecule has 0 aromatic carbocycles. The number of sulfone groups is 1. The fraction of sp³-hybridized carbons (Fsp3) is 1.00. The summed E-state index contributed by atoms with van der Waals surface area (Å²) in [6, 6.07) is 0. The maximum absolute atomic E-state index is 12.0. The Bertz CT molecular complexity index is 341. The van der Waals surface area contributed by atoms with E-state index in [-0.39, 0.29) is 5.75 Å². The fourth-order valence-electron chi connectivity index (χ4n) is 1.87. The van der Waals surface area contributed by atoms with Crippen molar-refractivity contribution in [2.24, 2.45) is 0 Å². The van der Waals surface area contributed by atoms with Crippen molar-refractivity contribution in [2.45, 2.75) is 38.2 Å². The predicted molar refractivity (Wildman–Crippen MR) is 73.1 cm³/mol. The maximum Gasteiger partial charge on any atom is 0.166 e. The number of rotatable bonds is 5. The highest BCUT2D eigenvalue weighted by atomic mass is 32.2. The average Bonchev–Trinajstić information content (AvgIpc) is 2.29. The second-order valence-electron chi connectivity index (χ2n) is 4.80. The molecular formula is C11H23NO3S2. The van der Waals surface area contributed by atoms with E-state index in [0.717, 1.165) is 12.3 Å². The molecule has 2 unspecified atom stereocenters. The molecule has 0 aliphatic carbocycles. The lowest BCUT2D eigenvalue weighted by atomic mass is 10.0. The molecule has 0 saturated carbocycles. The van der Waals surface area contributed by atoms with Gasteiger partial charge in [-0.25, -0.2) is 8.42 Å². The first-order chi connectivity index (χ1) is 7.82. The summed E-state index contributed by atoms with van der Waals surface area (Å²) >= 11 is 1.68. The molecule has 1 aliphatic rings. The van der Waals surface area contributed by atoms with E-state index in [0.29, 0.717) is 18.7 Å². The smallest absolute Gasteiger partial charge is 0.166 e. The minimum absolute atomic E-state index is 0.170. The van der Waals surface area contributed by atoms with Gasteiger partial charge in [0.2, 0.25) is 0 Å². The molecule has 1 N–H and O–H groups in total. The second kappa shape index (κ2) is 5.91. The van der Waals surface area contributed by atoms with E-state index in [9.17, 15) is 13.5 Å². The molecule has 0 aromatic heterocycles. The fourth-order valence-corrected chi connectivity index (χ4v) is 4.95. The van der Waals surface area contributed by atoms with Crippen LogP contribution in [0.15, 0.2) is 0 Å². The van der Waals surface area contributed by atoms with E-state index in [4.69, 9.17) is 0 Å². The first-order valence-corrected chi connectivity index (χ1v) is 8.95. The zero-order valence-corrected chi connectivity index (χ0v) is 12.5. The molecular weight excluding hydrogens is 258 g/mol. The molecule has 102 valence electrons.